The van der Waals surface area contributed by atoms with E-state index in [2.05, 4.69) is 9.97 Å². The summed E-state index contributed by atoms with van der Waals surface area (Å²) in [6.45, 7) is 0. The van der Waals surface area contributed by atoms with Gasteiger partial charge in [0.2, 0.25) is 5.88 Å². The topological polar surface area (TPSA) is 81.0 Å². The average molecular weight is 271 g/mol. The SMILES string of the molecule is Nc1cc(C(F)(F)F)ccc1Oc1cc(=O)[nH]cn1. The molecule has 0 atom stereocenters. The maximum atomic E-state index is 12.4. The van der Waals surface area contributed by atoms with Gasteiger partial charge in [0.05, 0.1) is 23.6 Å². The summed E-state index contributed by atoms with van der Waals surface area (Å²) < 4.78 is 42.4. The molecule has 0 bridgehead atoms. The fourth-order valence-corrected chi connectivity index (χ4v) is 1.34. The summed E-state index contributed by atoms with van der Waals surface area (Å²) in [4.78, 5) is 17.0. The number of aromatic nitrogens is 2. The molecule has 0 aliphatic carbocycles. The maximum absolute atomic E-state index is 12.4. The zero-order valence-electron chi connectivity index (χ0n) is 9.36. The molecule has 1 heterocycles. The van der Waals surface area contributed by atoms with Crippen molar-refractivity contribution >= 4 is 5.69 Å². The molecule has 3 N–H and O–H groups in total. The lowest BCUT2D eigenvalue weighted by atomic mass is 10.2. The Hall–Kier alpha value is -2.51. The number of anilines is 1. The normalized spacial score (nSPS) is 11.3. The molecule has 8 heteroatoms. The Balaban J connectivity index is 2.30. The van der Waals surface area contributed by atoms with Gasteiger partial charge in [-0.1, -0.05) is 0 Å². The Labute approximate surface area is 104 Å². The molecule has 0 fully saturated rings. The van der Waals surface area contributed by atoms with Crippen molar-refractivity contribution in [3.63, 3.8) is 0 Å². The van der Waals surface area contributed by atoms with Gasteiger partial charge in [-0.25, -0.2) is 4.98 Å². The molecule has 2 rings (SSSR count). The molecular formula is C11H8F3N3O2. The number of nitrogens with zero attached hydrogens (tertiary/aromatic N) is 1. The van der Waals surface area contributed by atoms with Crippen molar-refractivity contribution in [3.8, 4) is 11.6 Å². The van der Waals surface area contributed by atoms with Gasteiger partial charge in [-0.2, -0.15) is 13.2 Å². The number of ether oxygens (including phenoxy) is 1. The number of rotatable bonds is 2. The van der Waals surface area contributed by atoms with E-state index in [0.29, 0.717) is 0 Å². The van der Waals surface area contributed by atoms with Gasteiger partial charge in [-0.05, 0) is 18.2 Å². The van der Waals surface area contributed by atoms with Crippen LogP contribution in [0.3, 0.4) is 0 Å². The van der Waals surface area contributed by atoms with E-state index in [4.69, 9.17) is 10.5 Å². The molecule has 100 valence electrons. The molecule has 5 nitrogen and oxygen atoms in total. The van der Waals surface area contributed by atoms with E-state index in [1.807, 2.05) is 0 Å². The van der Waals surface area contributed by atoms with Crippen molar-refractivity contribution in [1.29, 1.82) is 0 Å². The molecule has 0 amide bonds. The van der Waals surface area contributed by atoms with Crippen molar-refractivity contribution in [2.75, 3.05) is 5.73 Å². The quantitative estimate of drug-likeness (QED) is 0.820. The standard InChI is InChI=1S/C11H8F3N3O2/c12-11(13,14)6-1-2-8(7(15)3-6)19-10-4-9(18)16-5-17-10/h1-5H,15H2,(H,16,17,18). The Morgan fingerprint density at radius 1 is 1.26 bits per heavy atom. The molecular weight excluding hydrogens is 263 g/mol. The van der Waals surface area contributed by atoms with Gasteiger partial charge < -0.3 is 15.5 Å². The number of hydrogen-bond acceptors (Lipinski definition) is 4. The zero-order valence-corrected chi connectivity index (χ0v) is 9.36. The predicted octanol–water partition coefficient (Wildman–Crippen LogP) is 2.16. The number of nitrogens with two attached hydrogens (primary N) is 1. The third-order valence-electron chi connectivity index (χ3n) is 2.20. The molecule has 0 saturated carbocycles. The van der Waals surface area contributed by atoms with Crippen LogP contribution in [0.4, 0.5) is 18.9 Å². The second-order valence-electron chi connectivity index (χ2n) is 3.60. The largest absolute Gasteiger partial charge is 0.437 e. The van der Waals surface area contributed by atoms with Crippen LogP contribution in [-0.2, 0) is 6.18 Å². The minimum absolute atomic E-state index is 0.00824. The molecule has 0 radical (unpaired) electrons. The second kappa shape index (κ2) is 4.63. The second-order valence-corrected chi connectivity index (χ2v) is 3.60. The molecule has 19 heavy (non-hydrogen) atoms. The molecule has 1 aromatic carbocycles. The highest BCUT2D eigenvalue weighted by Crippen LogP contribution is 2.34. The summed E-state index contributed by atoms with van der Waals surface area (Å²) >= 11 is 0. The lowest BCUT2D eigenvalue weighted by molar-refractivity contribution is -0.137. The minimum Gasteiger partial charge on any atom is -0.437 e. The fourth-order valence-electron chi connectivity index (χ4n) is 1.34. The maximum Gasteiger partial charge on any atom is 0.416 e. The van der Waals surface area contributed by atoms with E-state index in [9.17, 15) is 18.0 Å². The van der Waals surface area contributed by atoms with E-state index in [-0.39, 0.29) is 17.3 Å². The van der Waals surface area contributed by atoms with E-state index >= 15 is 0 Å². The van der Waals surface area contributed by atoms with Gasteiger partial charge in [0.25, 0.3) is 5.56 Å². The van der Waals surface area contributed by atoms with Crippen LogP contribution in [0.1, 0.15) is 5.56 Å². The number of benzene rings is 1. The summed E-state index contributed by atoms with van der Waals surface area (Å²) in [7, 11) is 0. The van der Waals surface area contributed by atoms with Crippen molar-refractivity contribution < 1.29 is 17.9 Å². The predicted molar refractivity (Wildman–Crippen MR) is 60.8 cm³/mol. The highest BCUT2D eigenvalue weighted by molar-refractivity contribution is 5.55. The number of alkyl halides is 3. The smallest absolute Gasteiger partial charge is 0.416 e. The fraction of sp³-hybridized carbons (Fsp3) is 0.0909. The zero-order chi connectivity index (χ0) is 14.0. The van der Waals surface area contributed by atoms with Crippen LogP contribution in [0.2, 0.25) is 0 Å². The third-order valence-corrected chi connectivity index (χ3v) is 2.20. The monoisotopic (exact) mass is 271 g/mol. The number of nitrogen functional groups attached to an aromatic ring is 1. The summed E-state index contributed by atoms with van der Waals surface area (Å²) in [5.41, 5.74) is 3.94. The van der Waals surface area contributed by atoms with E-state index in [0.717, 1.165) is 30.6 Å². The van der Waals surface area contributed by atoms with Crippen LogP contribution in [0, 0.1) is 0 Å². The highest BCUT2D eigenvalue weighted by Gasteiger charge is 2.31. The Bertz CT molecular complexity index is 652. The molecule has 0 unspecified atom stereocenters. The molecule has 2 aromatic rings. The van der Waals surface area contributed by atoms with Gasteiger partial charge in [-0.15, -0.1) is 0 Å². The summed E-state index contributed by atoms with van der Waals surface area (Å²) in [6.07, 6.45) is -3.37. The summed E-state index contributed by atoms with van der Waals surface area (Å²) in [5, 5.41) is 0. The Kier molecular flexibility index (Phi) is 3.16. The minimum atomic E-state index is -4.48. The third kappa shape index (κ3) is 3.03. The van der Waals surface area contributed by atoms with Crippen molar-refractivity contribution in [3.05, 3.63) is 46.5 Å². The van der Waals surface area contributed by atoms with Crippen LogP contribution in [-0.4, -0.2) is 9.97 Å². The average Bonchev–Trinajstić information content (AvgIpc) is 2.30. The van der Waals surface area contributed by atoms with Gasteiger partial charge in [0, 0.05) is 0 Å². The lowest BCUT2D eigenvalue weighted by Gasteiger charge is -2.11. The van der Waals surface area contributed by atoms with Crippen LogP contribution >= 0.6 is 0 Å². The van der Waals surface area contributed by atoms with Crippen LogP contribution in [0.5, 0.6) is 11.6 Å². The first-order valence-corrected chi connectivity index (χ1v) is 5.05. The lowest BCUT2D eigenvalue weighted by Crippen LogP contribution is -2.07. The molecule has 1 aromatic heterocycles. The number of halogens is 3. The van der Waals surface area contributed by atoms with Crippen LogP contribution in [0.15, 0.2) is 35.4 Å². The van der Waals surface area contributed by atoms with Crippen molar-refractivity contribution in [2.45, 2.75) is 6.18 Å². The van der Waals surface area contributed by atoms with Crippen LogP contribution < -0.4 is 16.0 Å². The molecule has 0 spiro atoms. The Morgan fingerprint density at radius 2 is 2.00 bits per heavy atom. The van der Waals surface area contributed by atoms with E-state index < -0.39 is 17.3 Å². The van der Waals surface area contributed by atoms with Crippen molar-refractivity contribution in [1.82, 2.24) is 9.97 Å². The Morgan fingerprint density at radius 3 is 2.58 bits per heavy atom. The highest BCUT2D eigenvalue weighted by atomic mass is 19.4. The van der Waals surface area contributed by atoms with Gasteiger partial charge >= 0.3 is 6.18 Å². The van der Waals surface area contributed by atoms with Crippen molar-refractivity contribution in [2.24, 2.45) is 0 Å². The molecule has 0 aliphatic heterocycles. The summed E-state index contributed by atoms with van der Waals surface area (Å²) in [6, 6.07) is 3.71. The number of aromatic amines is 1. The first-order chi connectivity index (χ1) is 8.86. The molecule has 0 saturated heterocycles. The first-order valence-electron chi connectivity index (χ1n) is 5.05. The van der Waals surface area contributed by atoms with Crippen LogP contribution in [0.25, 0.3) is 0 Å². The number of nitrogens with one attached hydrogen (secondary N) is 1. The number of hydrogen-bond donors (Lipinski definition) is 2. The summed E-state index contributed by atoms with van der Waals surface area (Å²) in [5.74, 6) is -0.0682. The van der Waals surface area contributed by atoms with Gasteiger partial charge in [-0.3, -0.25) is 4.79 Å². The molecule has 0 aliphatic rings. The van der Waals surface area contributed by atoms with E-state index in [1.54, 1.807) is 0 Å². The number of H-pyrrole nitrogens is 1. The first kappa shape index (κ1) is 12.9. The van der Waals surface area contributed by atoms with Gasteiger partial charge in [0.15, 0.2) is 5.75 Å². The van der Waals surface area contributed by atoms with Gasteiger partial charge in [0.1, 0.15) is 0 Å². The van der Waals surface area contributed by atoms with E-state index in [1.165, 1.54) is 0 Å².